The van der Waals surface area contributed by atoms with Crippen LogP contribution in [0.3, 0.4) is 0 Å². The minimum Gasteiger partial charge on any atom is -0.358 e. The Morgan fingerprint density at radius 3 is 2.95 bits per heavy atom. The minimum absolute atomic E-state index is 0.0191. The first-order valence-electron chi connectivity index (χ1n) is 6.73. The molecule has 1 heterocycles. The fourth-order valence-corrected chi connectivity index (χ4v) is 2.74. The van der Waals surface area contributed by atoms with E-state index in [1.54, 1.807) is 20.0 Å². The standard InChI is InChI=1S/C14H19N3O3/c1-10-11(5-3-6-12(10)17(19)20)9-16-8-4-7-13(16)14(18)15-2/h3,5-6,13H,4,7-9H2,1-2H3,(H,15,18)/t13-/m0/s1. The number of amides is 1. The molecule has 0 aromatic heterocycles. The Bertz CT molecular complexity index is 530. The van der Waals surface area contributed by atoms with E-state index >= 15 is 0 Å². The van der Waals surface area contributed by atoms with Gasteiger partial charge in [0.15, 0.2) is 0 Å². The molecule has 6 heteroatoms. The maximum atomic E-state index is 11.8. The van der Waals surface area contributed by atoms with Gasteiger partial charge in [0.1, 0.15) is 0 Å². The van der Waals surface area contributed by atoms with Gasteiger partial charge in [0.2, 0.25) is 5.91 Å². The summed E-state index contributed by atoms with van der Waals surface area (Å²) in [5, 5.41) is 13.6. The largest absolute Gasteiger partial charge is 0.358 e. The number of rotatable bonds is 4. The Morgan fingerprint density at radius 2 is 2.30 bits per heavy atom. The number of nitrogens with zero attached hydrogens (tertiary/aromatic N) is 2. The minimum atomic E-state index is -0.362. The molecule has 0 bridgehead atoms. The molecule has 108 valence electrons. The molecule has 1 aromatic carbocycles. The fraction of sp³-hybridized carbons (Fsp3) is 0.500. The van der Waals surface area contributed by atoms with Gasteiger partial charge in [-0.05, 0) is 31.9 Å². The lowest BCUT2D eigenvalue weighted by molar-refractivity contribution is -0.385. The van der Waals surface area contributed by atoms with Crippen molar-refractivity contribution in [1.82, 2.24) is 10.2 Å². The van der Waals surface area contributed by atoms with Crippen molar-refractivity contribution in [3.05, 3.63) is 39.4 Å². The summed E-state index contributed by atoms with van der Waals surface area (Å²) in [6.07, 6.45) is 1.82. The summed E-state index contributed by atoms with van der Waals surface area (Å²) in [7, 11) is 1.64. The molecule has 1 aliphatic rings. The summed E-state index contributed by atoms with van der Waals surface area (Å²) in [6, 6.07) is 4.98. The molecule has 0 saturated carbocycles. The molecular weight excluding hydrogens is 258 g/mol. The van der Waals surface area contributed by atoms with Crippen molar-refractivity contribution >= 4 is 11.6 Å². The molecule has 1 fully saturated rings. The van der Waals surface area contributed by atoms with Crippen molar-refractivity contribution in [1.29, 1.82) is 0 Å². The quantitative estimate of drug-likeness (QED) is 0.670. The second-order valence-electron chi connectivity index (χ2n) is 5.06. The summed E-state index contributed by atoms with van der Waals surface area (Å²) in [6.45, 7) is 3.18. The van der Waals surface area contributed by atoms with Gasteiger partial charge in [-0.3, -0.25) is 19.8 Å². The Balaban J connectivity index is 2.20. The number of nitro groups is 1. The number of carbonyl (C=O) groups is 1. The summed E-state index contributed by atoms with van der Waals surface area (Å²) in [5.74, 6) is 0.0191. The summed E-state index contributed by atoms with van der Waals surface area (Å²) in [4.78, 5) is 24.5. The average Bonchev–Trinajstić information content (AvgIpc) is 2.88. The lowest BCUT2D eigenvalue weighted by Crippen LogP contribution is -2.41. The highest BCUT2D eigenvalue weighted by Crippen LogP contribution is 2.25. The van der Waals surface area contributed by atoms with Gasteiger partial charge in [-0.25, -0.2) is 0 Å². The van der Waals surface area contributed by atoms with Crippen LogP contribution in [-0.4, -0.2) is 35.4 Å². The lowest BCUT2D eigenvalue weighted by Gasteiger charge is -2.23. The number of likely N-dealkylation sites (N-methyl/N-ethyl adjacent to an activating group) is 1. The highest BCUT2D eigenvalue weighted by Gasteiger charge is 2.30. The topological polar surface area (TPSA) is 75.5 Å². The second-order valence-corrected chi connectivity index (χ2v) is 5.06. The van der Waals surface area contributed by atoms with Gasteiger partial charge in [-0.1, -0.05) is 12.1 Å². The summed E-state index contributed by atoms with van der Waals surface area (Å²) < 4.78 is 0. The van der Waals surface area contributed by atoms with Crippen LogP contribution in [0.15, 0.2) is 18.2 Å². The normalized spacial score (nSPS) is 19.0. The third kappa shape index (κ3) is 2.80. The maximum Gasteiger partial charge on any atom is 0.272 e. The van der Waals surface area contributed by atoms with Crippen LogP contribution in [0.1, 0.15) is 24.0 Å². The van der Waals surface area contributed by atoms with E-state index in [2.05, 4.69) is 10.2 Å². The van der Waals surface area contributed by atoms with E-state index in [-0.39, 0.29) is 22.6 Å². The highest BCUT2D eigenvalue weighted by molar-refractivity contribution is 5.81. The van der Waals surface area contributed by atoms with Crippen LogP contribution >= 0.6 is 0 Å². The third-order valence-electron chi connectivity index (χ3n) is 3.90. The van der Waals surface area contributed by atoms with Crippen molar-refractivity contribution < 1.29 is 9.72 Å². The van der Waals surface area contributed by atoms with E-state index < -0.39 is 0 Å². The summed E-state index contributed by atoms with van der Waals surface area (Å²) in [5.41, 5.74) is 1.73. The fourth-order valence-electron chi connectivity index (χ4n) is 2.74. The zero-order valence-corrected chi connectivity index (χ0v) is 11.8. The molecule has 1 aromatic rings. The summed E-state index contributed by atoms with van der Waals surface area (Å²) >= 11 is 0. The highest BCUT2D eigenvalue weighted by atomic mass is 16.6. The maximum absolute atomic E-state index is 11.8. The molecule has 1 aliphatic heterocycles. The molecular formula is C14H19N3O3. The first kappa shape index (κ1) is 14.5. The Labute approximate surface area is 117 Å². The number of benzene rings is 1. The molecule has 0 spiro atoms. The molecule has 6 nitrogen and oxygen atoms in total. The van der Waals surface area contributed by atoms with E-state index in [9.17, 15) is 14.9 Å². The smallest absolute Gasteiger partial charge is 0.272 e. The molecule has 0 aliphatic carbocycles. The van der Waals surface area contributed by atoms with Crippen LogP contribution < -0.4 is 5.32 Å². The zero-order chi connectivity index (χ0) is 14.7. The Kier molecular flexibility index (Phi) is 4.34. The molecule has 1 amide bonds. The van der Waals surface area contributed by atoms with Crippen LogP contribution in [-0.2, 0) is 11.3 Å². The van der Waals surface area contributed by atoms with Gasteiger partial charge in [0.25, 0.3) is 5.69 Å². The van der Waals surface area contributed by atoms with Crippen molar-refractivity contribution in [2.75, 3.05) is 13.6 Å². The Hall–Kier alpha value is -1.95. The van der Waals surface area contributed by atoms with Gasteiger partial charge in [0, 0.05) is 25.2 Å². The van der Waals surface area contributed by atoms with Crippen molar-refractivity contribution in [3.63, 3.8) is 0 Å². The molecule has 20 heavy (non-hydrogen) atoms. The average molecular weight is 277 g/mol. The van der Waals surface area contributed by atoms with Gasteiger partial charge >= 0.3 is 0 Å². The van der Waals surface area contributed by atoms with Crippen LogP contribution in [0.4, 0.5) is 5.69 Å². The lowest BCUT2D eigenvalue weighted by atomic mass is 10.1. The van der Waals surface area contributed by atoms with Gasteiger partial charge in [0.05, 0.1) is 11.0 Å². The monoisotopic (exact) mass is 277 g/mol. The number of carbonyl (C=O) groups excluding carboxylic acids is 1. The molecule has 0 unspecified atom stereocenters. The third-order valence-corrected chi connectivity index (χ3v) is 3.90. The number of likely N-dealkylation sites (tertiary alicyclic amines) is 1. The van der Waals surface area contributed by atoms with E-state index in [1.807, 2.05) is 6.07 Å². The molecule has 1 atom stereocenters. The molecule has 1 saturated heterocycles. The predicted molar refractivity (Wildman–Crippen MR) is 75.3 cm³/mol. The number of nitrogens with one attached hydrogen (secondary N) is 1. The first-order chi connectivity index (χ1) is 9.54. The van der Waals surface area contributed by atoms with Gasteiger partial charge < -0.3 is 5.32 Å². The number of nitro benzene ring substituents is 1. The van der Waals surface area contributed by atoms with Crippen LogP contribution in [0.2, 0.25) is 0 Å². The van der Waals surface area contributed by atoms with Crippen LogP contribution in [0, 0.1) is 17.0 Å². The van der Waals surface area contributed by atoms with Crippen LogP contribution in [0.25, 0.3) is 0 Å². The second kappa shape index (κ2) is 6.00. The molecule has 2 rings (SSSR count). The number of hydrogen-bond acceptors (Lipinski definition) is 4. The van der Waals surface area contributed by atoms with E-state index in [1.165, 1.54) is 6.07 Å². The predicted octanol–water partition coefficient (Wildman–Crippen LogP) is 1.61. The van der Waals surface area contributed by atoms with Crippen molar-refractivity contribution in [2.24, 2.45) is 0 Å². The molecule has 0 radical (unpaired) electrons. The number of hydrogen-bond donors (Lipinski definition) is 1. The SMILES string of the molecule is CNC(=O)[C@@H]1CCCN1Cc1cccc([N+](=O)[O-])c1C. The van der Waals surface area contributed by atoms with E-state index in [0.29, 0.717) is 12.1 Å². The van der Waals surface area contributed by atoms with Crippen LogP contribution in [0.5, 0.6) is 0 Å². The molecule has 1 N–H and O–H groups in total. The van der Waals surface area contributed by atoms with Crippen molar-refractivity contribution in [3.8, 4) is 0 Å². The van der Waals surface area contributed by atoms with Crippen molar-refractivity contribution in [2.45, 2.75) is 32.4 Å². The van der Waals surface area contributed by atoms with Gasteiger partial charge in [-0.15, -0.1) is 0 Å². The van der Waals surface area contributed by atoms with Gasteiger partial charge in [-0.2, -0.15) is 0 Å². The van der Waals surface area contributed by atoms with E-state index in [4.69, 9.17) is 0 Å². The Morgan fingerprint density at radius 1 is 1.55 bits per heavy atom. The zero-order valence-electron chi connectivity index (χ0n) is 11.8. The first-order valence-corrected chi connectivity index (χ1v) is 6.73. The van der Waals surface area contributed by atoms with E-state index in [0.717, 1.165) is 24.9 Å².